The standard InChI is InChI=1S/C13H18ClN3O/c1-13(2)3-4-17(7-13)11-9(12(16)18)5-8(15)6-10(11)14/h5-6H,3-4,7,15H2,1-2H3,(H2,16,18). The Labute approximate surface area is 112 Å². The Morgan fingerprint density at radius 2 is 2.11 bits per heavy atom. The average molecular weight is 268 g/mol. The summed E-state index contributed by atoms with van der Waals surface area (Å²) in [5.74, 6) is -0.496. The highest BCUT2D eigenvalue weighted by molar-refractivity contribution is 6.34. The highest BCUT2D eigenvalue weighted by atomic mass is 35.5. The van der Waals surface area contributed by atoms with E-state index in [2.05, 4.69) is 18.7 Å². The van der Waals surface area contributed by atoms with Crippen molar-refractivity contribution in [1.29, 1.82) is 0 Å². The smallest absolute Gasteiger partial charge is 0.250 e. The van der Waals surface area contributed by atoms with Crippen molar-refractivity contribution in [3.05, 3.63) is 22.7 Å². The number of rotatable bonds is 2. The molecule has 0 atom stereocenters. The van der Waals surface area contributed by atoms with Gasteiger partial charge in [0.05, 0.1) is 16.3 Å². The maximum absolute atomic E-state index is 11.5. The molecular formula is C13H18ClN3O. The van der Waals surface area contributed by atoms with Gasteiger partial charge in [-0.2, -0.15) is 0 Å². The van der Waals surface area contributed by atoms with Gasteiger partial charge in [0, 0.05) is 18.8 Å². The van der Waals surface area contributed by atoms with Gasteiger partial charge in [-0.3, -0.25) is 4.79 Å². The summed E-state index contributed by atoms with van der Waals surface area (Å²) in [4.78, 5) is 13.6. The minimum absolute atomic E-state index is 0.222. The third-order valence-electron chi connectivity index (χ3n) is 3.34. The molecule has 0 aromatic heterocycles. The zero-order chi connectivity index (χ0) is 13.5. The molecule has 0 aliphatic carbocycles. The van der Waals surface area contributed by atoms with E-state index in [4.69, 9.17) is 23.1 Å². The van der Waals surface area contributed by atoms with Crippen LogP contribution >= 0.6 is 11.6 Å². The van der Waals surface area contributed by atoms with Gasteiger partial charge in [-0.15, -0.1) is 0 Å². The average Bonchev–Trinajstić information content (AvgIpc) is 2.57. The molecule has 1 heterocycles. The second kappa shape index (κ2) is 4.35. The molecule has 0 unspecified atom stereocenters. The highest BCUT2D eigenvalue weighted by Crippen LogP contribution is 2.38. The van der Waals surface area contributed by atoms with Crippen LogP contribution in [0.1, 0.15) is 30.6 Å². The zero-order valence-electron chi connectivity index (χ0n) is 10.7. The van der Waals surface area contributed by atoms with Crippen LogP contribution in [0.4, 0.5) is 11.4 Å². The summed E-state index contributed by atoms with van der Waals surface area (Å²) in [5.41, 5.74) is 12.9. The molecule has 5 heteroatoms. The maximum Gasteiger partial charge on any atom is 0.250 e. The number of benzene rings is 1. The number of hydrogen-bond acceptors (Lipinski definition) is 3. The molecule has 1 aromatic carbocycles. The van der Waals surface area contributed by atoms with Crippen LogP contribution in [-0.2, 0) is 0 Å². The largest absolute Gasteiger partial charge is 0.399 e. The summed E-state index contributed by atoms with van der Waals surface area (Å²) in [7, 11) is 0. The molecule has 4 nitrogen and oxygen atoms in total. The lowest BCUT2D eigenvalue weighted by Crippen LogP contribution is -2.26. The predicted octanol–water partition coefficient (Wildman–Crippen LogP) is 2.26. The van der Waals surface area contributed by atoms with E-state index in [9.17, 15) is 4.79 Å². The molecule has 1 aliphatic rings. The fourth-order valence-electron chi connectivity index (χ4n) is 2.43. The van der Waals surface area contributed by atoms with E-state index in [-0.39, 0.29) is 5.41 Å². The Morgan fingerprint density at radius 1 is 1.44 bits per heavy atom. The fraction of sp³-hybridized carbons (Fsp3) is 0.462. The van der Waals surface area contributed by atoms with E-state index < -0.39 is 5.91 Å². The van der Waals surface area contributed by atoms with E-state index in [0.717, 1.165) is 19.5 Å². The predicted molar refractivity (Wildman–Crippen MR) is 75.0 cm³/mol. The van der Waals surface area contributed by atoms with E-state index in [0.29, 0.717) is 22.0 Å². The summed E-state index contributed by atoms with van der Waals surface area (Å²) < 4.78 is 0. The van der Waals surface area contributed by atoms with Crippen molar-refractivity contribution in [2.45, 2.75) is 20.3 Å². The van der Waals surface area contributed by atoms with E-state index in [1.807, 2.05) is 0 Å². The SMILES string of the molecule is CC1(C)CCN(c2c(Cl)cc(N)cc2C(N)=O)C1. The third kappa shape index (κ3) is 2.38. The van der Waals surface area contributed by atoms with Gasteiger partial charge in [-0.1, -0.05) is 25.4 Å². The number of hydrogen-bond donors (Lipinski definition) is 2. The first kappa shape index (κ1) is 13.0. The molecule has 1 aliphatic heterocycles. The van der Waals surface area contributed by atoms with Crippen LogP contribution in [0.15, 0.2) is 12.1 Å². The van der Waals surface area contributed by atoms with Gasteiger partial charge in [0.15, 0.2) is 0 Å². The molecule has 0 spiro atoms. The molecule has 1 aromatic rings. The number of nitrogens with two attached hydrogens (primary N) is 2. The topological polar surface area (TPSA) is 72.3 Å². The molecule has 4 N–H and O–H groups in total. The minimum Gasteiger partial charge on any atom is -0.399 e. The summed E-state index contributed by atoms with van der Waals surface area (Å²) in [6.07, 6.45) is 1.06. The number of nitrogens with zero attached hydrogens (tertiary/aromatic N) is 1. The van der Waals surface area contributed by atoms with Crippen molar-refractivity contribution in [2.24, 2.45) is 11.1 Å². The number of halogens is 1. The van der Waals surface area contributed by atoms with Crippen molar-refractivity contribution < 1.29 is 4.79 Å². The van der Waals surface area contributed by atoms with Crippen LogP contribution in [-0.4, -0.2) is 19.0 Å². The molecule has 1 fully saturated rings. The molecule has 18 heavy (non-hydrogen) atoms. The van der Waals surface area contributed by atoms with Gasteiger partial charge >= 0.3 is 0 Å². The first-order valence-electron chi connectivity index (χ1n) is 5.94. The van der Waals surface area contributed by atoms with Gasteiger partial charge in [0.25, 0.3) is 5.91 Å². The van der Waals surface area contributed by atoms with Gasteiger partial charge in [0.1, 0.15) is 0 Å². The highest BCUT2D eigenvalue weighted by Gasteiger charge is 2.32. The van der Waals surface area contributed by atoms with Crippen LogP contribution in [0.5, 0.6) is 0 Å². The number of carbonyl (C=O) groups is 1. The van der Waals surface area contributed by atoms with Gasteiger partial charge < -0.3 is 16.4 Å². The lowest BCUT2D eigenvalue weighted by atomic mass is 9.93. The summed E-state index contributed by atoms with van der Waals surface area (Å²) >= 11 is 6.22. The molecule has 1 saturated heterocycles. The molecule has 98 valence electrons. The van der Waals surface area contributed by atoms with E-state index in [1.165, 1.54) is 0 Å². The van der Waals surface area contributed by atoms with Gasteiger partial charge in [-0.25, -0.2) is 0 Å². The summed E-state index contributed by atoms with van der Waals surface area (Å²) in [6, 6.07) is 3.25. The molecule has 0 saturated carbocycles. The van der Waals surface area contributed by atoms with Crippen molar-refractivity contribution >= 4 is 28.9 Å². The van der Waals surface area contributed by atoms with Crippen molar-refractivity contribution in [1.82, 2.24) is 0 Å². The first-order valence-corrected chi connectivity index (χ1v) is 6.32. The third-order valence-corrected chi connectivity index (χ3v) is 3.63. The van der Waals surface area contributed by atoms with E-state index >= 15 is 0 Å². The van der Waals surface area contributed by atoms with Gasteiger partial charge in [0.2, 0.25) is 0 Å². The quantitative estimate of drug-likeness (QED) is 0.808. The molecule has 2 rings (SSSR count). The Bertz CT molecular complexity index is 499. The second-order valence-corrected chi connectivity index (χ2v) is 6.01. The molecule has 0 bridgehead atoms. The Balaban J connectivity index is 2.47. The van der Waals surface area contributed by atoms with Crippen molar-refractivity contribution in [3.8, 4) is 0 Å². The Morgan fingerprint density at radius 3 is 2.61 bits per heavy atom. The van der Waals surface area contributed by atoms with Gasteiger partial charge in [-0.05, 0) is 24.0 Å². The molecular weight excluding hydrogens is 250 g/mol. The first-order chi connectivity index (χ1) is 8.30. The maximum atomic E-state index is 11.5. The number of anilines is 2. The number of amides is 1. The normalized spacial score (nSPS) is 18.1. The van der Waals surface area contributed by atoms with Crippen LogP contribution < -0.4 is 16.4 Å². The second-order valence-electron chi connectivity index (χ2n) is 5.60. The zero-order valence-corrected chi connectivity index (χ0v) is 11.4. The fourth-order valence-corrected chi connectivity index (χ4v) is 2.78. The van der Waals surface area contributed by atoms with E-state index in [1.54, 1.807) is 12.1 Å². The lowest BCUT2D eigenvalue weighted by Gasteiger charge is -2.24. The summed E-state index contributed by atoms with van der Waals surface area (Å²) in [5, 5.41) is 0.488. The monoisotopic (exact) mass is 267 g/mol. The van der Waals surface area contributed by atoms with Crippen LogP contribution in [0, 0.1) is 5.41 Å². The number of nitrogen functional groups attached to an aromatic ring is 1. The summed E-state index contributed by atoms with van der Waals surface area (Å²) in [6.45, 7) is 6.12. The Kier molecular flexibility index (Phi) is 3.15. The number of primary amides is 1. The van der Waals surface area contributed by atoms with Crippen molar-refractivity contribution in [3.63, 3.8) is 0 Å². The minimum atomic E-state index is -0.496. The lowest BCUT2D eigenvalue weighted by molar-refractivity contribution is 0.100. The van der Waals surface area contributed by atoms with Crippen LogP contribution in [0.3, 0.4) is 0 Å². The van der Waals surface area contributed by atoms with Crippen LogP contribution in [0.2, 0.25) is 5.02 Å². The van der Waals surface area contributed by atoms with Crippen molar-refractivity contribution in [2.75, 3.05) is 23.7 Å². The number of carbonyl (C=O) groups excluding carboxylic acids is 1. The Hall–Kier alpha value is -1.42. The molecule has 0 radical (unpaired) electrons. The molecule has 1 amide bonds. The van der Waals surface area contributed by atoms with Crippen LogP contribution in [0.25, 0.3) is 0 Å².